The molecule has 0 saturated heterocycles. The van der Waals surface area contributed by atoms with Crippen molar-refractivity contribution in [2.45, 2.75) is 25.3 Å². The Morgan fingerprint density at radius 3 is 2.81 bits per heavy atom. The van der Waals surface area contributed by atoms with E-state index in [-0.39, 0.29) is 11.9 Å². The molecule has 1 unspecified atom stereocenters. The molecular formula is C20H24N4O2S. The summed E-state index contributed by atoms with van der Waals surface area (Å²) in [6, 6.07) is 15.3. The van der Waals surface area contributed by atoms with E-state index in [1.165, 1.54) is 0 Å². The van der Waals surface area contributed by atoms with Crippen LogP contribution in [0, 0.1) is 0 Å². The van der Waals surface area contributed by atoms with Gasteiger partial charge in [0, 0.05) is 12.6 Å². The fraction of sp³-hybridized carbons (Fsp3) is 0.350. The standard InChI is InChI=1S/C20H24N4O2S/c1-27-15-12-17(20-23-22-18-10-5-6-13-24(18)20)21-19(25)11-7-14-26-16-8-3-2-4-9-16/h2-6,8-10,13,17H,7,11-12,14-15H2,1H3,(H,21,25). The highest BCUT2D eigenvalue weighted by atomic mass is 32.2. The Bertz CT molecular complexity index is 853. The van der Waals surface area contributed by atoms with Crippen molar-refractivity contribution in [3.05, 3.63) is 60.6 Å². The van der Waals surface area contributed by atoms with Crippen LogP contribution in [0.4, 0.5) is 0 Å². The second-order valence-corrected chi connectivity index (χ2v) is 7.14. The molecule has 0 bridgehead atoms. The summed E-state index contributed by atoms with van der Waals surface area (Å²) in [5.74, 6) is 2.54. The molecule has 3 rings (SSSR count). The zero-order valence-corrected chi connectivity index (χ0v) is 16.2. The van der Waals surface area contributed by atoms with E-state index in [0.29, 0.717) is 19.4 Å². The molecule has 0 aliphatic carbocycles. The molecule has 142 valence electrons. The topological polar surface area (TPSA) is 68.5 Å². The normalized spacial score (nSPS) is 12.0. The zero-order chi connectivity index (χ0) is 18.9. The van der Waals surface area contributed by atoms with Gasteiger partial charge < -0.3 is 10.1 Å². The van der Waals surface area contributed by atoms with Crippen LogP contribution in [0.3, 0.4) is 0 Å². The van der Waals surface area contributed by atoms with Gasteiger partial charge in [-0.3, -0.25) is 9.20 Å². The fourth-order valence-electron chi connectivity index (χ4n) is 2.80. The molecule has 1 atom stereocenters. The first-order valence-electron chi connectivity index (χ1n) is 9.03. The first-order valence-corrected chi connectivity index (χ1v) is 10.4. The van der Waals surface area contributed by atoms with Crippen molar-refractivity contribution in [3.8, 4) is 5.75 Å². The summed E-state index contributed by atoms with van der Waals surface area (Å²) in [4.78, 5) is 12.4. The van der Waals surface area contributed by atoms with Crippen molar-refractivity contribution in [2.75, 3.05) is 18.6 Å². The highest BCUT2D eigenvalue weighted by Crippen LogP contribution is 2.18. The first-order chi connectivity index (χ1) is 13.3. The molecule has 0 saturated carbocycles. The van der Waals surface area contributed by atoms with Crippen LogP contribution in [0.5, 0.6) is 5.75 Å². The molecule has 0 spiro atoms. The minimum absolute atomic E-state index is 0.00504. The molecule has 1 N–H and O–H groups in total. The first kappa shape index (κ1) is 19.2. The largest absolute Gasteiger partial charge is 0.494 e. The number of nitrogens with one attached hydrogen (secondary N) is 1. The number of hydrogen-bond donors (Lipinski definition) is 1. The lowest BCUT2D eigenvalue weighted by molar-refractivity contribution is -0.122. The van der Waals surface area contributed by atoms with Crippen LogP contribution in [-0.4, -0.2) is 39.1 Å². The molecule has 0 radical (unpaired) electrons. The lowest BCUT2D eigenvalue weighted by Gasteiger charge is -2.17. The predicted molar refractivity (Wildman–Crippen MR) is 108 cm³/mol. The minimum atomic E-state index is -0.155. The molecule has 0 aliphatic rings. The number of amides is 1. The van der Waals surface area contributed by atoms with Gasteiger partial charge in [-0.25, -0.2) is 0 Å². The third kappa shape index (κ3) is 5.47. The number of fused-ring (bicyclic) bond motifs is 1. The van der Waals surface area contributed by atoms with Crippen LogP contribution in [0.15, 0.2) is 54.7 Å². The van der Waals surface area contributed by atoms with E-state index in [2.05, 4.69) is 21.8 Å². The van der Waals surface area contributed by atoms with E-state index in [4.69, 9.17) is 4.74 Å². The number of benzene rings is 1. The van der Waals surface area contributed by atoms with Crippen molar-refractivity contribution < 1.29 is 9.53 Å². The van der Waals surface area contributed by atoms with E-state index in [0.717, 1.165) is 29.4 Å². The highest BCUT2D eigenvalue weighted by Gasteiger charge is 2.19. The molecule has 1 aromatic carbocycles. The summed E-state index contributed by atoms with van der Waals surface area (Å²) in [5.41, 5.74) is 0.784. The molecular weight excluding hydrogens is 360 g/mol. The number of ether oxygens (including phenoxy) is 1. The Labute approximate surface area is 163 Å². The van der Waals surface area contributed by atoms with Crippen molar-refractivity contribution >= 4 is 23.3 Å². The van der Waals surface area contributed by atoms with Crippen LogP contribution in [0.1, 0.15) is 31.1 Å². The Balaban J connectivity index is 1.55. The van der Waals surface area contributed by atoms with Crippen LogP contribution in [-0.2, 0) is 4.79 Å². The second kappa shape index (κ2) is 9.97. The summed E-state index contributed by atoms with van der Waals surface area (Å²) < 4.78 is 7.58. The maximum absolute atomic E-state index is 12.4. The Kier molecular flexibility index (Phi) is 7.10. The molecule has 6 nitrogen and oxygen atoms in total. The maximum atomic E-state index is 12.4. The van der Waals surface area contributed by atoms with Gasteiger partial charge in [-0.2, -0.15) is 11.8 Å². The minimum Gasteiger partial charge on any atom is -0.494 e. The lowest BCUT2D eigenvalue weighted by Crippen LogP contribution is -2.30. The number of pyridine rings is 1. The molecule has 7 heteroatoms. The molecule has 0 aliphatic heterocycles. The average Bonchev–Trinajstić information content (AvgIpc) is 3.13. The third-order valence-corrected chi connectivity index (χ3v) is 4.80. The van der Waals surface area contributed by atoms with Gasteiger partial charge in [0.05, 0.1) is 12.6 Å². The SMILES string of the molecule is CSCCC(NC(=O)CCCOc1ccccc1)c1nnc2ccccn12. The Morgan fingerprint density at radius 2 is 2.00 bits per heavy atom. The van der Waals surface area contributed by atoms with Gasteiger partial charge in [0.15, 0.2) is 11.5 Å². The Hall–Kier alpha value is -2.54. The van der Waals surface area contributed by atoms with Crippen molar-refractivity contribution in [1.82, 2.24) is 19.9 Å². The highest BCUT2D eigenvalue weighted by molar-refractivity contribution is 7.98. The predicted octanol–water partition coefficient (Wildman–Crippen LogP) is 3.50. The van der Waals surface area contributed by atoms with Gasteiger partial charge in [0.25, 0.3) is 0 Å². The van der Waals surface area contributed by atoms with Gasteiger partial charge in [-0.1, -0.05) is 24.3 Å². The summed E-state index contributed by atoms with van der Waals surface area (Å²) in [6.45, 7) is 0.515. The average molecular weight is 385 g/mol. The molecule has 3 aromatic rings. The summed E-state index contributed by atoms with van der Waals surface area (Å²) in [7, 11) is 0. The third-order valence-electron chi connectivity index (χ3n) is 4.16. The van der Waals surface area contributed by atoms with Crippen molar-refractivity contribution in [1.29, 1.82) is 0 Å². The van der Waals surface area contributed by atoms with Crippen molar-refractivity contribution in [3.63, 3.8) is 0 Å². The van der Waals surface area contributed by atoms with Gasteiger partial charge in [0.2, 0.25) is 5.91 Å². The van der Waals surface area contributed by atoms with Gasteiger partial charge >= 0.3 is 0 Å². The van der Waals surface area contributed by atoms with E-state index in [9.17, 15) is 4.79 Å². The molecule has 27 heavy (non-hydrogen) atoms. The van der Waals surface area contributed by atoms with E-state index >= 15 is 0 Å². The summed E-state index contributed by atoms with van der Waals surface area (Å²) in [6.07, 6.45) is 5.87. The number of hydrogen-bond acceptors (Lipinski definition) is 5. The van der Waals surface area contributed by atoms with Gasteiger partial charge in [0.1, 0.15) is 5.75 Å². The zero-order valence-electron chi connectivity index (χ0n) is 15.4. The van der Waals surface area contributed by atoms with Crippen LogP contribution in [0.2, 0.25) is 0 Å². The number of aromatic nitrogens is 3. The lowest BCUT2D eigenvalue weighted by atomic mass is 10.2. The number of carbonyl (C=O) groups excluding carboxylic acids is 1. The van der Waals surface area contributed by atoms with Crippen LogP contribution in [0.25, 0.3) is 5.65 Å². The number of thioether (sulfide) groups is 1. The molecule has 2 heterocycles. The quantitative estimate of drug-likeness (QED) is 0.542. The van der Waals surface area contributed by atoms with E-state index in [1.807, 2.05) is 59.1 Å². The number of para-hydroxylation sites is 1. The second-order valence-electron chi connectivity index (χ2n) is 6.15. The van der Waals surface area contributed by atoms with Crippen LogP contribution < -0.4 is 10.1 Å². The van der Waals surface area contributed by atoms with Crippen molar-refractivity contribution in [2.24, 2.45) is 0 Å². The fourth-order valence-corrected chi connectivity index (χ4v) is 3.28. The molecule has 2 aromatic heterocycles. The summed E-state index contributed by atoms with van der Waals surface area (Å²) >= 11 is 1.75. The van der Waals surface area contributed by atoms with E-state index < -0.39 is 0 Å². The van der Waals surface area contributed by atoms with E-state index in [1.54, 1.807) is 11.8 Å². The maximum Gasteiger partial charge on any atom is 0.220 e. The monoisotopic (exact) mass is 384 g/mol. The van der Waals surface area contributed by atoms with Gasteiger partial charge in [-0.15, -0.1) is 10.2 Å². The van der Waals surface area contributed by atoms with Gasteiger partial charge in [-0.05, 0) is 49.1 Å². The number of rotatable bonds is 10. The number of nitrogens with zero attached hydrogens (tertiary/aromatic N) is 3. The van der Waals surface area contributed by atoms with Crippen LogP contribution >= 0.6 is 11.8 Å². The molecule has 0 fully saturated rings. The Morgan fingerprint density at radius 1 is 1.19 bits per heavy atom. The molecule has 1 amide bonds. The smallest absolute Gasteiger partial charge is 0.220 e. The summed E-state index contributed by atoms with van der Waals surface area (Å²) in [5, 5.41) is 11.6. The number of carbonyl (C=O) groups is 1.